The van der Waals surface area contributed by atoms with Crippen LogP contribution in [0.15, 0.2) is 12.1 Å². The number of nitrogens with zero attached hydrogens (tertiary/aromatic N) is 2. The van der Waals surface area contributed by atoms with Crippen molar-refractivity contribution in [3.05, 3.63) is 44.4 Å². The van der Waals surface area contributed by atoms with Crippen LogP contribution in [0.2, 0.25) is 0 Å². The molecule has 0 bridgehead atoms. The molecule has 1 atom stereocenters. The molecule has 0 unspecified atom stereocenters. The van der Waals surface area contributed by atoms with Crippen LogP contribution in [0, 0.1) is 27.7 Å². The number of aromatic nitrogens is 2. The topological polar surface area (TPSA) is 69.0 Å². The van der Waals surface area contributed by atoms with E-state index in [0.29, 0.717) is 6.42 Å². The molecule has 1 fully saturated rings. The summed E-state index contributed by atoms with van der Waals surface area (Å²) in [7, 11) is -2.96. The van der Waals surface area contributed by atoms with Crippen LogP contribution in [-0.2, 0) is 9.84 Å². The van der Waals surface area contributed by atoms with E-state index < -0.39 is 9.84 Å². The highest BCUT2D eigenvalue weighted by Gasteiger charge is 2.31. The van der Waals surface area contributed by atoms with Crippen LogP contribution >= 0.6 is 11.3 Å². The molecular formula is C18H22N2O3S2. The molecule has 0 aromatic carbocycles. The number of ketones is 1. The van der Waals surface area contributed by atoms with E-state index >= 15 is 0 Å². The number of carbonyl (C=O) groups is 1. The number of aryl methyl sites for hydroxylation is 3. The van der Waals surface area contributed by atoms with Crippen molar-refractivity contribution in [2.75, 3.05) is 11.5 Å². The summed E-state index contributed by atoms with van der Waals surface area (Å²) >= 11 is 1.62. The van der Waals surface area contributed by atoms with E-state index in [2.05, 4.69) is 5.10 Å². The smallest absolute Gasteiger partial charge is 0.186 e. The Balaban J connectivity index is 1.86. The normalized spacial score (nSPS) is 19.8. The summed E-state index contributed by atoms with van der Waals surface area (Å²) in [5.41, 5.74) is 3.34. The Morgan fingerprint density at radius 3 is 2.60 bits per heavy atom. The molecule has 0 radical (unpaired) electrons. The van der Waals surface area contributed by atoms with Crippen molar-refractivity contribution in [2.24, 2.45) is 0 Å². The zero-order valence-corrected chi connectivity index (χ0v) is 16.5. The standard InChI is InChI=1S/C18H22N2O3S2/c1-11-9-17(14(4)24-11)18(21)6-5-16-12(2)19-20(13(16)3)15-7-8-25(22,23)10-15/h5-6,9,15H,7-8,10H2,1-4H3/b6-5+/t15-/m0/s1. The third kappa shape index (κ3) is 3.62. The van der Waals surface area contributed by atoms with Crippen LogP contribution in [0.4, 0.5) is 0 Å². The molecule has 3 rings (SSSR count). The Hall–Kier alpha value is -1.73. The molecule has 2 aromatic heterocycles. The maximum Gasteiger partial charge on any atom is 0.186 e. The highest BCUT2D eigenvalue weighted by atomic mass is 32.2. The van der Waals surface area contributed by atoms with Gasteiger partial charge in [0.1, 0.15) is 0 Å². The van der Waals surface area contributed by atoms with Crippen molar-refractivity contribution >= 4 is 33.0 Å². The maximum absolute atomic E-state index is 12.4. The van der Waals surface area contributed by atoms with E-state index in [1.165, 1.54) is 0 Å². The zero-order valence-electron chi connectivity index (χ0n) is 14.9. The van der Waals surface area contributed by atoms with Crippen molar-refractivity contribution in [1.82, 2.24) is 9.78 Å². The second-order valence-electron chi connectivity index (χ2n) is 6.61. The van der Waals surface area contributed by atoms with Gasteiger partial charge < -0.3 is 0 Å². The molecule has 2 aromatic rings. The SMILES string of the molecule is Cc1cc(C(=O)/C=C/c2c(C)nn([C@H]3CCS(=O)(=O)C3)c2C)c(C)s1. The second kappa shape index (κ2) is 6.53. The van der Waals surface area contributed by atoms with Crippen LogP contribution in [0.3, 0.4) is 0 Å². The summed E-state index contributed by atoms with van der Waals surface area (Å²) in [6.45, 7) is 7.76. The summed E-state index contributed by atoms with van der Waals surface area (Å²) in [4.78, 5) is 14.6. The van der Waals surface area contributed by atoms with Gasteiger partial charge in [-0.25, -0.2) is 8.42 Å². The molecular weight excluding hydrogens is 356 g/mol. The highest BCUT2D eigenvalue weighted by Crippen LogP contribution is 2.27. The lowest BCUT2D eigenvalue weighted by atomic mass is 10.1. The number of sulfone groups is 1. The molecule has 1 aliphatic rings. The van der Waals surface area contributed by atoms with E-state index in [0.717, 1.165) is 32.3 Å². The number of carbonyl (C=O) groups excluding carboxylic acids is 1. The molecule has 0 N–H and O–H groups in total. The Morgan fingerprint density at radius 2 is 2.04 bits per heavy atom. The van der Waals surface area contributed by atoms with Gasteiger partial charge >= 0.3 is 0 Å². The van der Waals surface area contributed by atoms with Crippen molar-refractivity contribution < 1.29 is 13.2 Å². The molecule has 134 valence electrons. The van der Waals surface area contributed by atoms with Crippen molar-refractivity contribution in [3.63, 3.8) is 0 Å². The van der Waals surface area contributed by atoms with Gasteiger partial charge in [-0.3, -0.25) is 9.48 Å². The highest BCUT2D eigenvalue weighted by molar-refractivity contribution is 7.91. The van der Waals surface area contributed by atoms with E-state index in [9.17, 15) is 13.2 Å². The summed E-state index contributed by atoms with van der Waals surface area (Å²) in [5, 5.41) is 4.52. The van der Waals surface area contributed by atoms with Gasteiger partial charge in [-0.1, -0.05) is 0 Å². The number of hydrogen-bond donors (Lipinski definition) is 0. The van der Waals surface area contributed by atoms with E-state index in [-0.39, 0.29) is 23.3 Å². The Morgan fingerprint density at radius 1 is 1.32 bits per heavy atom. The molecule has 1 aliphatic heterocycles. The molecule has 5 nitrogen and oxygen atoms in total. The third-order valence-electron chi connectivity index (χ3n) is 4.64. The molecule has 3 heterocycles. The average Bonchev–Trinajstić information content (AvgIpc) is 3.13. The van der Waals surface area contributed by atoms with E-state index in [4.69, 9.17) is 0 Å². The molecule has 0 amide bonds. The monoisotopic (exact) mass is 378 g/mol. The maximum atomic E-state index is 12.4. The Labute approximate surface area is 152 Å². The number of rotatable bonds is 4. The Kier molecular flexibility index (Phi) is 4.72. The van der Waals surface area contributed by atoms with Crippen molar-refractivity contribution in [1.29, 1.82) is 0 Å². The fraction of sp³-hybridized carbons (Fsp3) is 0.444. The lowest BCUT2D eigenvalue weighted by molar-refractivity contribution is 0.104. The first-order chi connectivity index (χ1) is 11.7. The molecule has 0 spiro atoms. The van der Waals surface area contributed by atoms with Crippen LogP contribution < -0.4 is 0 Å². The van der Waals surface area contributed by atoms with Crippen molar-refractivity contribution in [2.45, 2.75) is 40.2 Å². The summed E-state index contributed by atoms with van der Waals surface area (Å²) in [5.74, 6) is 0.345. The van der Waals surface area contributed by atoms with Crippen molar-refractivity contribution in [3.8, 4) is 0 Å². The molecule has 1 saturated heterocycles. The first-order valence-electron chi connectivity index (χ1n) is 8.23. The molecule has 7 heteroatoms. The minimum Gasteiger partial charge on any atom is -0.289 e. The van der Waals surface area contributed by atoms with Crippen LogP contribution in [0.5, 0.6) is 0 Å². The average molecular weight is 379 g/mol. The van der Waals surface area contributed by atoms with Gasteiger partial charge in [-0.2, -0.15) is 5.10 Å². The van der Waals surface area contributed by atoms with Crippen LogP contribution in [-0.4, -0.2) is 35.5 Å². The lowest BCUT2D eigenvalue weighted by Gasteiger charge is -2.10. The second-order valence-corrected chi connectivity index (χ2v) is 10.3. The predicted molar refractivity (Wildman–Crippen MR) is 101 cm³/mol. The van der Waals surface area contributed by atoms with E-state index in [1.54, 1.807) is 23.5 Å². The van der Waals surface area contributed by atoms with Gasteiger partial charge in [-0.15, -0.1) is 11.3 Å². The number of allylic oxidation sites excluding steroid dienone is 1. The van der Waals surface area contributed by atoms with Gasteiger partial charge in [0.15, 0.2) is 15.6 Å². The molecule has 25 heavy (non-hydrogen) atoms. The Bertz CT molecular complexity index is 965. The lowest BCUT2D eigenvalue weighted by Crippen LogP contribution is -2.13. The summed E-state index contributed by atoms with van der Waals surface area (Å²) in [6, 6.07) is 1.81. The first-order valence-corrected chi connectivity index (χ1v) is 10.9. The zero-order chi connectivity index (χ0) is 18.4. The number of thiophene rings is 1. The predicted octanol–water partition coefficient (Wildman–Crippen LogP) is 3.43. The van der Waals surface area contributed by atoms with Gasteiger partial charge in [0.2, 0.25) is 0 Å². The summed E-state index contributed by atoms with van der Waals surface area (Å²) < 4.78 is 25.3. The summed E-state index contributed by atoms with van der Waals surface area (Å²) in [6.07, 6.45) is 3.98. The molecule has 0 saturated carbocycles. The first kappa shape index (κ1) is 18.1. The van der Waals surface area contributed by atoms with Gasteiger partial charge in [-0.05, 0) is 52.3 Å². The van der Waals surface area contributed by atoms with E-state index in [1.807, 2.05) is 38.4 Å². The fourth-order valence-electron chi connectivity index (χ4n) is 3.36. The van der Waals surface area contributed by atoms with Gasteiger partial charge in [0.05, 0.1) is 23.2 Å². The minimum absolute atomic E-state index is 0.0168. The largest absolute Gasteiger partial charge is 0.289 e. The fourth-order valence-corrected chi connectivity index (χ4v) is 5.99. The minimum atomic E-state index is -2.96. The van der Waals surface area contributed by atoms with Gasteiger partial charge in [0.25, 0.3) is 0 Å². The van der Waals surface area contributed by atoms with Crippen LogP contribution in [0.25, 0.3) is 6.08 Å². The third-order valence-corrected chi connectivity index (χ3v) is 7.36. The van der Waals surface area contributed by atoms with Gasteiger partial charge in [0, 0.05) is 26.6 Å². The number of hydrogen-bond acceptors (Lipinski definition) is 5. The van der Waals surface area contributed by atoms with Crippen LogP contribution in [0.1, 0.15) is 49.5 Å². The quantitative estimate of drug-likeness (QED) is 0.604. The molecule has 0 aliphatic carbocycles.